The number of halogens is 2. The maximum atomic E-state index is 11.7. The Balaban J connectivity index is 1.99. The molecule has 0 saturated carbocycles. The molecule has 0 aliphatic heterocycles. The molecule has 0 spiro atoms. The van der Waals surface area contributed by atoms with E-state index in [-0.39, 0.29) is 12.1 Å². The zero-order valence-electron chi connectivity index (χ0n) is 12.3. The highest BCUT2D eigenvalue weighted by Gasteiger charge is 2.09. The fraction of sp³-hybridized carbons (Fsp3) is 0.235. The Morgan fingerprint density at radius 2 is 1.77 bits per heavy atom. The second-order valence-corrected chi connectivity index (χ2v) is 5.86. The second-order valence-electron chi connectivity index (χ2n) is 5.01. The van der Waals surface area contributed by atoms with Crippen LogP contribution in [0.4, 0.5) is 0 Å². The van der Waals surface area contributed by atoms with Crippen molar-refractivity contribution in [2.45, 2.75) is 26.6 Å². The molecule has 0 bridgehead atoms. The van der Waals surface area contributed by atoms with Crippen LogP contribution < -0.4 is 4.74 Å². The van der Waals surface area contributed by atoms with Gasteiger partial charge in [-0.2, -0.15) is 0 Å². The van der Waals surface area contributed by atoms with Gasteiger partial charge in [0.05, 0.1) is 16.7 Å². The van der Waals surface area contributed by atoms with Crippen molar-refractivity contribution < 1.29 is 14.3 Å². The van der Waals surface area contributed by atoms with Crippen molar-refractivity contribution in [3.05, 3.63) is 63.6 Å². The highest BCUT2D eigenvalue weighted by atomic mass is 35.5. The van der Waals surface area contributed by atoms with Gasteiger partial charge in [0.1, 0.15) is 12.4 Å². The normalized spacial score (nSPS) is 10.6. The molecule has 0 unspecified atom stereocenters. The zero-order chi connectivity index (χ0) is 16.1. The van der Waals surface area contributed by atoms with Crippen molar-refractivity contribution in [1.29, 1.82) is 0 Å². The van der Waals surface area contributed by atoms with Crippen LogP contribution in [0.1, 0.15) is 29.8 Å². The van der Waals surface area contributed by atoms with Crippen molar-refractivity contribution >= 4 is 29.2 Å². The van der Waals surface area contributed by atoms with Crippen LogP contribution in [0.2, 0.25) is 10.0 Å². The summed E-state index contributed by atoms with van der Waals surface area (Å²) in [6.45, 7) is 3.96. The van der Waals surface area contributed by atoms with Crippen LogP contribution in [-0.2, 0) is 11.3 Å². The van der Waals surface area contributed by atoms with Gasteiger partial charge in [0.2, 0.25) is 0 Å². The summed E-state index contributed by atoms with van der Waals surface area (Å²) in [5.74, 6) is 0.192. The van der Waals surface area contributed by atoms with E-state index in [2.05, 4.69) is 0 Å². The lowest BCUT2D eigenvalue weighted by atomic mass is 10.1. The SMILES string of the molecule is CC(C)OC(=O)c1ccc(COc2cc(Cl)ccc2Cl)cc1. The third-order valence-corrected chi connectivity index (χ3v) is 3.37. The van der Waals surface area contributed by atoms with Gasteiger partial charge in [0, 0.05) is 11.1 Å². The maximum absolute atomic E-state index is 11.7. The van der Waals surface area contributed by atoms with E-state index in [1.807, 2.05) is 26.0 Å². The molecule has 2 aromatic rings. The van der Waals surface area contributed by atoms with Crippen LogP contribution in [0.15, 0.2) is 42.5 Å². The van der Waals surface area contributed by atoms with Crippen LogP contribution in [-0.4, -0.2) is 12.1 Å². The minimum atomic E-state index is -0.333. The first-order valence-corrected chi connectivity index (χ1v) is 7.59. The third kappa shape index (κ3) is 4.65. The van der Waals surface area contributed by atoms with E-state index in [9.17, 15) is 4.79 Å². The summed E-state index contributed by atoms with van der Waals surface area (Å²) in [5, 5.41) is 1.06. The Kier molecular flexibility index (Phi) is 5.69. The van der Waals surface area contributed by atoms with Gasteiger partial charge in [-0.15, -0.1) is 0 Å². The minimum absolute atomic E-state index is 0.138. The number of hydrogen-bond donors (Lipinski definition) is 0. The molecule has 2 aromatic carbocycles. The first-order valence-electron chi connectivity index (χ1n) is 6.83. The monoisotopic (exact) mass is 338 g/mol. The molecule has 0 aliphatic carbocycles. The van der Waals surface area contributed by atoms with Crippen molar-refractivity contribution in [3.8, 4) is 5.75 Å². The molecular weight excluding hydrogens is 323 g/mol. The van der Waals surface area contributed by atoms with Crippen molar-refractivity contribution in [1.82, 2.24) is 0 Å². The van der Waals surface area contributed by atoms with Gasteiger partial charge >= 0.3 is 5.97 Å². The number of hydrogen-bond acceptors (Lipinski definition) is 3. The van der Waals surface area contributed by atoms with Crippen molar-refractivity contribution in [2.24, 2.45) is 0 Å². The molecule has 0 aliphatic rings. The molecule has 2 rings (SSSR count). The summed E-state index contributed by atoms with van der Waals surface area (Å²) >= 11 is 11.9. The third-order valence-electron chi connectivity index (χ3n) is 2.82. The molecule has 3 nitrogen and oxygen atoms in total. The molecule has 22 heavy (non-hydrogen) atoms. The summed E-state index contributed by atoms with van der Waals surface area (Å²) in [4.78, 5) is 11.7. The summed E-state index contributed by atoms with van der Waals surface area (Å²) < 4.78 is 10.8. The van der Waals surface area contributed by atoms with Gasteiger partial charge in [-0.3, -0.25) is 0 Å². The molecule has 5 heteroatoms. The van der Waals surface area contributed by atoms with Crippen LogP contribution in [0, 0.1) is 0 Å². The fourth-order valence-electron chi connectivity index (χ4n) is 1.77. The average molecular weight is 339 g/mol. The van der Waals surface area contributed by atoms with E-state index in [1.54, 1.807) is 30.3 Å². The Bertz CT molecular complexity index is 651. The van der Waals surface area contributed by atoms with Gasteiger partial charge in [-0.05, 0) is 43.7 Å². The van der Waals surface area contributed by atoms with Crippen LogP contribution in [0.3, 0.4) is 0 Å². The topological polar surface area (TPSA) is 35.5 Å². The lowest BCUT2D eigenvalue weighted by molar-refractivity contribution is 0.0378. The highest BCUT2D eigenvalue weighted by molar-refractivity contribution is 6.34. The summed E-state index contributed by atoms with van der Waals surface area (Å²) in [6.07, 6.45) is -0.138. The van der Waals surface area contributed by atoms with E-state index in [0.29, 0.717) is 28.0 Å². The highest BCUT2D eigenvalue weighted by Crippen LogP contribution is 2.28. The predicted molar refractivity (Wildman–Crippen MR) is 87.8 cm³/mol. The van der Waals surface area contributed by atoms with E-state index >= 15 is 0 Å². The van der Waals surface area contributed by atoms with Gasteiger partial charge in [-0.1, -0.05) is 35.3 Å². The fourth-order valence-corrected chi connectivity index (χ4v) is 2.10. The number of carbonyl (C=O) groups excluding carboxylic acids is 1. The maximum Gasteiger partial charge on any atom is 0.338 e. The summed E-state index contributed by atoms with van der Waals surface area (Å²) in [7, 11) is 0. The van der Waals surface area contributed by atoms with Gasteiger partial charge in [-0.25, -0.2) is 4.79 Å². The van der Waals surface area contributed by atoms with Crippen LogP contribution >= 0.6 is 23.2 Å². The summed E-state index contributed by atoms with van der Waals surface area (Å²) in [5.41, 5.74) is 1.43. The molecule has 0 N–H and O–H groups in total. The number of carbonyl (C=O) groups is 1. The largest absolute Gasteiger partial charge is 0.487 e. The minimum Gasteiger partial charge on any atom is -0.487 e. The lowest BCUT2D eigenvalue weighted by Crippen LogP contribution is -2.11. The first-order chi connectivity index (χ1) is 10.5. The standard InChI is InChI=1S/C17H16Cl2O3/c1-11(2)22-17(20)13-5-3-12(4-6-13)10-21-16-9-14(18)7-8-15(16)19/h3-9,11H,10H2,1-2H3. The zero-order valence-corrected chi connectivity index (χ0v) is 13.8. The number of rotatable bonds is 5. The Hall–Kier alpha value is -1.71. The number of benzene rings is 2. The Morgan fingerprint density at radius 1 is 1.09 bits per heavy atom. The lowest BCUT2D eigenvalue weighted by Gasteiger charge is -2.10. The first kappa shape index (κ1) is 16.7. The molecule has 0 amide bonds. The van der Waals surface area contributed by atoms with Crippen LogP contribution in [0.25, 0.3) is 0 Å². The number of ether oxygens (including phenoxy) is 2. The summed E-state index contributed by atoms with van der Waals surface area (Å²) in [6, 6.07) is 12.1. The second kappa shape index (κ2) is 7.52. The van der Waals surface area contributed by atoms with Gasteiger partial charge in [0.15, 0.2) is 0 Å². The van der Waals surface area contributed by atoms with Crippen molar-refractivity contribution in [3.63, 3.8) is 0 Å². The van der Waals surface area contributed by atoms with Crippen molar-refractivity contribution in [2.75, 3.05) is 0 Å². The molecule has 0 aromatic heterocycles. The molecular formula is C17H16Cl2O3. The van der Waals surface area contributed by atoms with E-state index in [0.717, 1.165) is 5.56 Å². The number of esters is 1. The smallest absolute Gasteiger partial charge is 0.338 e. The van der Waals surface area contributed by atoms with Crippen LogP contribution in [0.5, 0.6) is 5.75 Å². The van der Waals surface area contributed by atoms with E-state index in [1.165, 1.54) is 0 Å². The average Bonchev–Trinajstić information content (AvgIpc) is 2.48. The quantitative estimate of drug-likeness (QED) is 0.708. The predicted octanol–water partition coefficient (Wildman–Crippen LogP) is 5.14. The van der Waals surface area contributed by atoms with E-state index in [4.69, 9.17) is 32.7 Å². The molecule has 0 radical (unpaired) electrons. The Labute approximate surface area is 139 Å². The molecule has 116 valence electrons. The molecule has 0 heterocycles. The van der Waals surface area contributed by atoms with Gasteiger partial charge < -0.3 is 9.47 Å². The Morgan fingerprint density at radius 3 is 2.41 bits per heavy atom. The van der Waals surface area contributed by atoms with Gasteiger partial charge in [0.25, 0.3) is 0 Å². The van der Waals surface area contributed by atoms with E-state index < -0.39 is 0 Å². The molecule has 0 saturated heterocycles. The molecule has 0 fully saturated rings. The molecule has 0 atom stereocenters.